The summed E-state index contributed by atoms with van der Waals surface area (Å²) < 4.78 is 5.12. The molecule has 106 valence electrons. The summed E-state index contributed by atoms with van der Waals surface area (Å²) in [5.74, 6) is 1.04. The zero-order valence-corrected chi connectivity index (χ0v) is 12.4. The summed E-state index contributed by atoms with van der Waals surface area (Å²) in [6.07, 6.45) is 0.429. The van der Waals surface area contributed by atoms with Crippen molar-refractivity contribution in [1.29, 1.82) is 5.26 Å². The number of nitrogen functional groups attached to an aromatic ring is 1. The van der Waals surface area contributed by atoms with Crippen LogP contribution < -0.4 is 10.6 Å². The summed E-state index contributed by atoms with van der Waals surface area (Å²) in [5, 5.41) is 9.78. The average molecular weight is 291 g/mol. The Morgan fingerprint density at radius 1 is 1.45 bits per heavy atom. The first-order valence-corrected chi connectivity index (χ1v) is 7.12. The number of nitriles is 1. The zero-order valence-electron chi connectivity index (χ0n) is 11.6. The summed E-state index contributed by atoms with van der Waals surface area (Å²) in [4.78, 5) is 12.7. The molecule has 20 heavy (non-hydrogen) atoms. The van der Waals surface area contributed by atoms with Crippen LogP contribution in [0.25, 0.3) is 10.2 Å². The van der Waals surface area contributed by atoms with Crippen LogP contribution in [-0.4, -0.2) is 36.8 Å². The molecule has 0 aliphatic carbocycles. The minimum absolute atomic E-state index is 0.258. The lowest BCUT2D eigenvalue weighted by Crippen LogP contribution is -2.29. The van der Waals surface area contributed by atoms with E-state index in [1.165, 1.54) is 0 Å². The third-order valence-electron chi connectivity index (χ3n) is 2.87. The van der Waals surface area contributed by atoms with Crippen molar-refractivity contribution in [3.63, 3.8) is 0 Å². The van der Waals surface area contributed by atoms with Gasteiger partial charge in [0.2, 0.25) is 5.95 Å². The number of anilines is 2. The van der Waals surface area contributed by atoms with Crippen LogP contribution in [0.15, 0.2) is 6.07 Å². The minimum atomic E-state index is 0.258. The number of hydrogen-bond donors (Lipinski definition) is 1. The van der Waals surface area contributed by atoms with E-state index >= 15 is 0 Å². The molecule has 0 aliphatic rings. The lowest BCUT2D eigenvalue weighted by atomic mass is 10.3. The van der Waals surface area contributed by atoms with Gasteiger partial charge in [0, 0.05) is 25.1 Å². The van der Waals surface area contributed by atoms with Crippen LogP contribution >= 0.6 is 11.3 Å². The van der Waals surface area contributed by atoms with Crippen molar-refractivity contribution in [2.45, 2.75) is 13.3 Å². The molecular weight excluding hydrogens is 274 g/mol. The van der Waals surface area contributed by atoms with Crippen molar-refractivity contribution < 1.29 is 4.74 Å². The molecular formula is C13H17N5OS. The molecule has 0 saturated heterocycles. The Balaban J connectivity index is 2.42. The highest BCUT2D eigenvalue weighted by Gasteiger charge is 2.15. The number of ether oxygens (including phenoxy) is 1. The Labute approximate surface area is 121 Å². The first-order valence-electron chi connectivity index (χ1n) is 6.30. The van der Waals surface area contributed by atoms with E-state index in [1.54, 1.807) is 18.4 Å². The van der Waals surface area contributed by atoms with Gasteiger partial charge in [0.25, 0.3) is 0 Å². The Morgan fingerprint density at radius 2 is 2.25 bits per heavy atom. The fourth-order valence-electron chi connectivity index (χ4n) is 1.99. The number of nitrogens with zero attached hydrogens (tertiary/aromatic N) is 4. The van der Waals surface area contributed by atoms with E-state index in [0.717, 1.165) is 20.9 Å². The number of nitrogens with two attached hydrogens (primary N) is 1. The molecule has 6 nitrogen and oxygen atoms in total. The number of aromatic nitrogens is 2. The molecule has 0 saturated carbocycles. The smallest absolute Gasteiger partial charge is 0.223 e. The second-order valence-corrected chi connectivity index (χ2v) is 5.60. The van der Waals surface area contributed by atoms with Crippen LogP contribution in [0.2, 0.25) is 0 Å². The molecule has 0 unspecified atom stereocenters. The summed E-state index contributed by atoms with van der Waals surface area (Å²) in [6, 6.07) is 4.21. The summed E-state index contributed by atoms with van der Waals surface area (Å²) in [7, 11) is 1.65. The fourth-order valence-corrected chi connectivity index (χ4v) is 2.88. The largest absolute Gasteiger partial charge is 0.383 e. The van der Waals surface area contributed by atoms with Gasteiger partial charge in [0.15, 0.2) is 0 Å². The second kappa shape index (κ2) is 6.50. The molecule has 2 aromatic rings. The van der Waals surface area contributed by atoms with Crippen LogP contribution in [0.5, 0.6) is 0 Å². The van der Waals surface area contributed by atoms with E-state index in [0.29, 0.717) is 26.1 Å². The molecule has 2 aromatic heterocycles. The van der Waals surface area contributed by atoms with Gasteiger partial charge in [-0.3, -0.25) is 0 Å². The van der Waals surface area contributed by atoms with Crippen LogP contribution in [0.4, 0.5) is 11.8 Å². The summed E-state index contributed by atoms with van der Waals surface area (Å²) >= 11 is 1.59. The fraction of sp³-hybridized carbons (Fsp3) is 0.462. The maximum atomic E-state index is 8.80. The summed E-state index contributed by atoms with van der Waals surface area (Å²) in [5.41, 5.74) is 5.79. The maximum Gasteiger partial charge on any atom is 0.223 e. The van der Waals surface area contributed by atoms with Gasteiger partial charge >= 0.3 is 0 Å². The van der Waals surface area contributed by atoms with Crippen molar-refractivity contribution in [2.24, 2.45) is 0 Å². The highest BCUT2D eigenvalue weighted by atomic mass is 32.1. The standard InChI is InChI=1S/C13H17N5OS/c1-9-8-10-11(16-13(15)17-12(10)20-9)18(5-3-4-14)6-7-19-2/h8H,3,5-7H2,1-2H3,(H2,15,16,17). The Hall–Kier alpha value is -1.91. The van der Waals surface area contributed by atoms with E-state index in [9.17, 15) is 0 Å². The van der Waals surface area contributed by atoms with E-state index in [4.69, 9.17) is 15.7 Å². The van der Waals surface area contributed by atoms with Crippen molar-refractivity contribution in [3.05, 3.63) is 10.9 Å². The van der Waals surface area contributed by atoms with Crippen LogP contribution in [0, 0.1) is 18.3 Å². The Morgan fingerprint density at radius 3 is 2.95 bits per heavy atom. The maximum absolute atomic E-state index is 8.80. The predicted molar refractivity (Wildman–Crippen MR) is 80.9 cm³/mol. The Bertz CT molecular complexity index is 633. The monoisotopic (exact) mass is 291 g/mol. The molecule has 2 heterocycles. The van der Waals surface area contributed by atoms with Gasteiger partial charge in [-0.15, -0.1) is 11.3 Å². The van der Waals surface area contributed by atoms with Crippen molar-refractivity contribution in [3.8, 4) is 6.07 Å². The third kappa shape index (κ3) is 3.15. The normalized spacial score (nSPS) is 10.7. The molecule has 0 bridgehead atoms. The quantitative estimate of drug-likeness (QED) is 0.875. The first kappa shape index (κ1) is 14.5. The Kier molecular flexibility index (Phi) is 4.71. The molecule has 2 rings (SSSR count). The van der Waals surface area contributed by atoms with Gasteiger partial charge in [0.05, 0.1) is 24.5 Å². The number of aryl methyl sites for hydroxylation is 1. The van der Waals surface area contributed by atoms with Crippen LogP contribution in [0.1, 0.15) is 11.3 Å². The lowest BCUT2D eigenvalue weighted by Gasteiger charge is -2.23. The van der Waals surface area contributed by atoms with Crippen molar-refractivity contribution in [1.82, 2.24) is 9.97 Å². The minimum Gasteiger partial charge on any atom is -0.383 e. The highest BCUT2D eigenvalue weighted by molar-refractivity contribution is 7.18. The SMILES string of the molecule is COCCN(CCC#N)c1nc(N)nc2sc(C)cc12. The molecule has 0 aliphatic heterocycles. The van der Waals surface area contributed by atoms with Crippen LogP contribution in [-0.2, 0) is 4.74 Å². The van der Waals surface area contributed by atoms with Crippen molar-refractivity contribution >= 4 is 33.3 Å². The van der Waals surface area contributed by atoms with E-state index in [-0.39, 0.29) is 5.95 Å². The van der Waals surface area contributed by atoms with Gasteiger partial charge in [-0.05, 0) is 13.0 Å². The number of hydrogen-bond acceptors (Lipinski definition) is 7. The lowest BCUT2D eigenvalue weighted by molar-refractivity contribution is 0.205. The molecule has 7 heteroatoms. The topological polar surface area (TPSA) is 88.1 Å². The third-order valence-corrected chi connectivity index (χ3v) is 3.82. The molecule has 0 amide bonds. The average Bonchev–Trinajstić information content (AvgIpc) is 2.78. The van der Waals surface area contributed by atoms with E-state index in [2.05, 4.69) is 22.1 Å². The van der Waals surface area contributed by atoms with Gasteiger partial charge in [-0.25, -0.2) is 4.98 Å². The van der Waals surface area contributed by atoms with E-state index in [1.807, 2.05) is 11.8 Å². The molecule has 0 radical (unpaired) electrons. The first-order chi connectivity index (χ1) is 9.65. The van der Waals surface area contributed by atoms with Crippen LogP contribution in [0.3, 0.4) is 0 Å². The molecule has 0 spiro atoms. The van der Waals surface area contributed by atoms with Gasteiger partial charge in [-0.2, -0.15) is 10.2 Å². The van der Waals surface area contributed by atoms with Gasteiger partial charge in [0.1, 0.15) is 10.6 Å². The molecule has 2 N–H and O–H groups in total. The zero-order chi connectivity index (χ0) is 14.5. The van der Waals surface area contributed by atoms with E-state index < -0.39 is 0 Å². The number of methoxy groups -OCH3 is 1. The van der Waals surface area contributed by atoms with Gasteiger partial charge in [-0.1, -0.05) is 0 Å². The van der Waals surface area contributed by atoms with Crippen molar-refractivity contribution in [2.75, 3.05) is 37.4 Å². The second-order valence-electron chi connectivity index (χ2n) is 4.37. The molecule has 0 aromatic carbocycles. The summed E-state index contributed by atoms with van der Waals surface area (Å²) in [6.45, 7) is 3.86. The molecule has 0 atom stereocenters. The predicted octanol–water partition coefficient (Wildman–Crippen LogP) is 1.95. The highest BCUT2D eigenvalue weighted by Crippen LogP contribution is 2.31. The molecule has 0 fully saturated rings. The number of rotatable bonds is 6. The number of fused-ring (bicyclic) bond motifs is 1. The number of thiophene rings is 1. The van der Waals surface area contributed by atoms with Gasteiger partial charge < -0.3 is 15.4 Å².